The Hall–Kier alpha value is -3.00. The molecule has 7 nitrogen and oxygen atoms in total. The van der Waals surface area contributed by atoms with Crippen LogP contribution in [0.4, 0.5) is 0 Å². The molecule has 0 aliphatic carbocycles. The highest BCUT2D eigenvalue weighted by Crippen LogP contribution is 2.17. The largest absolute Gasteiger partial charge is 0.455 e. The van der Waals surface area contributed by atoms with E-state index in [1.54, 1.807) is 36.4 Å². The monoisotopic (exact) mass is 374 g/mol. The summed E-state index contributed by atoms with van der Waals surface area (Å²) in [7, 11) is 0. The van der Waals surface area contributed by atoms with Gasteiger partial charge in [0.05, 0.1) is 11.3 Å². The van der Waals surface area contributed by atoms with E-state index >= 15 is 0 Å². The predicted molar refractivity (Wildman–Crippen MR) is 95.6 cm³/mol. The van der Waals surface area contributed by atoms with E-state index in [0.717, 1.165) is 4.88 Å². The number of benzene rings is 1. The summed E-state index contributed by atoms with van der Waals surface area (Å²) in [6, 6.07) is 11.9. The summed E-state index contributed by atoms with van der Waals surface area (Å²) in [6.07, 6.45) is -0.0927. The number of aryl methyl sites for hydroxylation is 1. The maximum atomic E-state index is 11.9. The van der Waals surface area contributed by atoms with Crippen LogP contribution in [0, 0.1) is 6.92 Å². The Morgan fingerprint density at radius 1 is 0.962 bits per heavy atom. The van der Waals surface area contributed by atoms with Crippen LogP contribution in [0.5, 0.6) is 0 Å². The molecular formula is C18H18N2O5S. The van der Waals surface area contributed by atoms with Crippen LogP contribution in [0.15, 0.2) is 42.5 Å². The molecular weight excluding hydrogens is 356 g/mol. The zero-order chi connectivity index (χ0) is 18.9. The third-order valence-electron chi connectivity index (χ3n) is 3.29. The molecule has 1 heterocycles. The number of ketones is 1. The van der Waals surface area contributed by atoms with E-state index in [4.69, 9.17) is 4.74 Å². The van der Waals surface area contributed by atoms with Gasteiger partial charge in [-0.25, -0.2) is 0 Å². The maximum absolute atomic E-state index is 11.9. The molecule has 0 bridgehead atoms. The van der Waals surface area contributed by atoms with Crippen LogP contribution >= 0.6 is 11.3 Å². The molecule has 0 radical (unpaired) electrons. The van der Waals surface area contributed by atoms with Gasteiger partial charge in [0.15, 0.2) is 12.4 Å². The first-order valence-corrected chi connectivity index (χ1v) is 8.67. The fraction of sp³-hybridized carbons (Fsp3) is 0.222. The lowest BCUT2D eigenvalue weighted by Crippen LogP contribution is -2.43. The summed E-state index contributed by atoms with van der Waals surface area (Å²) in [6.45, 7) is 1.35. The third kappa shape index (κ3) is 6.14. The van der Waals surface area contributed by atoms with Gasteiger partial charge in [-0.1, -0.05) is 18.2 Å². The molecule has 1 aromatic heterocycles. The lowest BCUT2D eigenvalue weighted by molar-refractivity contribution is -0.148. The standard InChI is InChI=1S/C18H18N2O5S/c1-12-7-9-15(26-12)14(21)8-10-17(23)25-11-16(22)19-20-18(24)13-5-3-2-4-6-13/h2-7,9H,8,10-11H2,1H3,(H,19,22)(H,20,24). The molecule has 0 aliphatic heterocycles. The van der Waals surface area contributed by atoms with Crippen LogP contribution in [0.25, 0.3) is 0 Å². The van der Waals surface area contributed by atoms with Gasteiger partial charge in [-0.2, -0.15) is 0 Å². The van der Waals surface area contributed by atoms with Crippen LogP contribution in [0.1, 0.15) is 37.7 Å². The number of amides is 2. The minimum Gasteiger partial charge on any atom is -0.455 e. The van der Waals surface area contributed by atoms with Gasteiger partial charge in [-0.05, 0) is 31.2 Å². The molecule has 0 fully saturated rings. The van der Waals surface area contributed by atoms with Crippen molar-refractivity contribution in [1.29, 1.82) is 0 Å². The van der Waals surface area contributed by atoms with Gasteiger partial charge in [-0.15, -0.1) is 11.3 Å². The SMILES string of the molecule is Cc1ccc(C(=O)CCC(=O)OCC(=O)NNC(=O)c2ccccc2)s1. The number of thiophene rings is 1. The van der Waals surface area contributed by atoms with Gasteiger partial charge in [0.2, 0.25) is 0 Å². The summed E-state index contributed by atoms with van der Waals surface area (Å²) < 4.78 is 4.78. The van der Waals surface area contributed by atoms with Crippen LogP contribution in [0.3, 0.4) is 0 Å². The zero-order valence-corrected chi connectivity index (χ0v) is 14.9. The number of hydrogen-bond acceptors (Lipinski definition) is 6. The highest BCUT2D eigenvalue weighted by Gasteiger charge is 2.13. The Balaban J connectivity index is 1.64. The summed E-state index contributed by atoms with van der Waals surface area (Å²) in [5, 5.41) is 0. The Kier molecular flexibility index (Phi) is 7.04. The molecule has 0 saturated heterocycles. The molecule has 2 aromatic rings. The van der Waals surface area contributed by atoms with E-state index in [2.05, 4.69) is 10.9 Å². The molecule has 1 aromatic carbocycles. The Morgan fingerprint density at radius 2 is 1.69 bits per heavy atom. The second-order valence-electron chi connectivity index (χ2n) is 5.36. The van der Waals surface area contributed by atoms with Crippen molar-refractivity contribution in [2.75, 3.05) is 6.61 Å². The van der Waals surface area contributed by atoms with Gasteiger partial charge >= 0.3 is 5.97 Å². The van der Waals surface area contributed by atoms with Crippen molar-refractivity contribution in [3.8, 4) is 0 Å². The Bertz CT molecular complexity index is 801. The predicted octanol–water partition coefficient (Wildman–Crippen LogP) is 2.02. The van der Waals surface area contributed by atoms with Gasteiger partial charge in [0.25, 0.3) is 11.8 Å². The number of esters is 1. The molecule has 0 saturated carbocycles. The molecule has 0 atom stereocenters. The molecule has 0 aliphatic rings. The van der Waals surface area contributed by atoms with Crippen LogP contribution in [-0.4, -0.2) is 30.2 Å². The van der Waals surface area contributed by atoms with Gasteiger partial charge < -0.3 is 4.74 Å². The fourth-order valence-corrected chi connectivity index (χ4v) is 2.80. The van der Waals surface area contributed by atoms with Crippen molar-refractivity contribution < 1.29 is 23.9 Å². The third-order valence-corrected chi connectivity index (χ3v) is 4.33. The quantitative estimate of drug-likeness (QED) is 0.439. The number of carbonyl (C=O) groups excluding carboxylic acids is 4. The van der Waals surface area contributed by atoms with Crippen molar-refractivity contribution in [2.24, 2.45) is 0 Å². The van der Waals surface area contributed by atoms with Crippen LogP contribution in [0.2, 0.25) is 0 Å². The smallest absolute Gasteiger partial charge is 0.306 e. The number of hydrazine groups is 1. The normalized spacial score (nSPS) is 10.0. The first kappa shape index (κ1) is 19.3. The van der Waals surface area contributed by atoms with Gasteiger partial charge in [-0.3, -0.25) is 30.0 Å². The average molecular weight is 374 g/mol. The van der Waals surface area contributed by atoms with E-state index in [9.17, 15) is 19.2 Å². The van der Waals surface area contributed by atoms with Crippen molar-refractivity contribution >= 4 is 34.9 Å². The van der Waals surface area contributed by atoms with Crippen LogP contribution in [-0.2, 0) is 14.3 Å². The van der Waals surface area contributed by atoms with E-state index in [1.807, 2.05) is 13.0 Å². The van der Waals surface area contributed by atoms with Crippen molar-refractivity contribution in [2.45, 2.75) is 19.8 Å². The van der Waals surface area contributed by atoms with Crippen molar-refractivity contribution in [1.82, 2.24) is 10.9 Å². The van der Waals surface area contributed by atoms with Gasteiger partial charge in [0.1, 0.15) is 0 Å². The van der Waals surface area contributed by atoms with E-state index in [1.165, 1.54) is 11.3 Å². The highest BCUT2D eigenvalue weighted by atomic mass is 32.1. The van der Waals surface area contributed by atoms with E-state index in [-0.39, 0.29) is 18.6 Å². The minimum atomic E-state index is -0.678. The average Bonchev–Trinajstić information content (AvgIpc) is 3.09. The molecule has 2 amide bonds. The number of ether oxygens (including phenoxy) is 1. The molecule has 0 unspecified atom stereocenters. The summed E-state index contributed by atoms with van der Waals surface area (Å²) >= 11 is 1.37. The number of rotatable bonds is 7. The lowest BCUT2D eigenvalue weighted by Gasteiger charge is -2.08. The molecule has 26 heavy (non-hydrogen) atoms. The summed E-state index contributed by atoms with van der Waals surface area (Å²) in [5.74, 6) is -1.96. The molecule has 2 N–H and O–H groups in total. The van der Waals surface area contributed by atoms with E-state index < -0.39 is 24.4 Å². The Morgan fingerprint density at radius 3 is 2.35 bits per heavy atom. The lowest BCUT2D eigenvalue weighted by atomic mass is 10.2. The molecule has 136 valence electrons. The molecule has 2 rings (SSSR count). The number of hydrogen-bond donors (Lipinski definition) is 2. The number of nitrogens with one attached hydrogen (secondary N) is 2. The first-order valence-electron chi connectivity index (χ1n) is 7.85. The minimum absolute atomic E-state index is 0.0190. The molecule has 8 heteroatoms. The second-order valence-corrected chi connectivity index (χ2v) is 6.65. The van der Waals surface area contributed by atoms with Gasteiger partial charge in [0, 0.05) is 16.9 Å². The number of carbonyl (C=O) groups is 4. The van der Waals surface area contributed by atoms with Crippen molar-refractivity contribution in [3.63, 3.8) is 0 Å². The Labute approximate surface area is 154 Å². The summed E-state index contributed by atoms with van der Waals surface area (Å²) in [5.41, 5.74) is 4.74. The second kappa shape index (κ2) is 9.47. The topological polar surface area (TPSA) is 102 Å². The van der Waals surface area contributed by atoms with E-state index in [0.29, 0.717) is 10.4 Å². The fourth-order valence-electron chi connectivity index (χ4n) is 1.97. The first-order chi connectivity index (χ1) is 12.5. The number of Topliss-reactive ketones (excluding diaryl/α,β-unsaturated/α-hetero) is 1. The van der Waals surface area contributed by atoms with Crippen molar-refractivity contribution in [3.05, 3.63) is 57.8 Å². The molecule has 0 spiro atoms. The maximum Gasteiger partial charge on any atom is 0.306 e. The zero-order valence-electron chi connectivity index (χ0n) is 14.1. The van der Waals surface area contributed by atoms with Crippen LogP contribution < -0.4 is 10.9 Å². The highest BCUT2D eigenvalue weighted by molar-refractivity contribution is 7.14. The summed E-state index contributed by atoms with van der Waals surface area (Å²) in [4.78, 5) is 48.4.